The first-order chi connectivity index (χ1) is 13.1. The molecule has 2 rings (SSSR count). The highest BCUT2D eigenvalue weighted by Gasteiger charge is 2.05. The van der Waals surface area contributed by atoms with E-state index in [0.29, 0.717) is 24.6 Å². The molecule has 0 aliphatic rings. The third-order valence-corrected chi connectivity index (χ3v) is 3.41. The molecule has 0 radical (unpaired) electrons. The Bertz CT molecular complexity index is 764. The second-order valence-electron chi connectivity index (χ2n) is 5.68. The molecule has 0 saturated carbocycles. The van der Waals surface area contributed by atoms with Crippen molar-refractivity contribution in [1.29, 1.82) is 0 Å². The first kappa shape index (κ1) is 20.1. The molecule has 0 fully saturated rings. The molecule has 7 heteroatoms. The zero-order chi connectivity index (χ0) is 19.5. The molecule has 2 N–H and O–H groups in total. The van der Waals surface area contributed by atoms with Crippen LogP contribution in [0.15, 0.2) is 48.5 Å². The maximum atomic E-state index is 11.8. The fourth-order valence-electron chi connectivity index (χ4n) is 2.21. The number of hydrogen-bond acceptors (Lipinski definition) is 5. The summed E-state index contributed by atoms with van der Waals surface area (Å²) in [5.74, 6) is 0.980. The number of anilines is 1. The molecule has 0 bridgehead atoms. The van der Waals surface area contributed by atoms with Gasteiger partial charge in [-0.15, -0.1) is 0 Å². The minimum atomic E-state index is -0.541. The van der Waals surface area contributed by atoms with Crippen molar-refractivity contribution in [3.05, 3.63) is 54.1 Å². The molecule has 2 aromatic carbocycles. The van der Waals surface area contributed by atoms with Gasteiger partial charge in [-0.3, -0.25) is 10.1 Å². The molecular weight excluding hydrogens is 348 g/mol. The van der Waals surface area contributed by atoms with Crippen molar-refractivity contribution in [1.82, 2.24) is 5.32 Å². The first-order valence-corrected chi connectivity index (χ1v) is 8.69. The lowest BCUT2D eigenvalue weighted by Crippen LogP contribution is -2.32. The Hall–Kier alpha value is -3.22. The van der Waals surface area contributed by atoms with Crippen molar-refractivity contribution in [2.45, 2.75) is 13.8 Å². The van der Waals surface area contributed by atoms with Gasteiger partial charge >= 0.3 is 6.09 Å². The van der Waals surface area contributed by atoms with Crippen LogP contribution in [0.4, 0.5) is 10.5 Å². The topological polar surface area (TPSA) is 85.9 Å². The molecule has 0 heterocycles. The van der Waals surface area contributed by atoms with E-state index in [1.54, 1.807) is 31.2 Å². The molecule has 0 aliphatic heterocycles. The average molecular weight is 372 g/mol. The van der Waals surface area contributed by atoms with E-state index in [1.807, 2.05) is 31.2 Å². The molecule has 7 nitrogen and oxygen atoms in total. The van der Waals surface area contributed by atoms with Crippen LogP contribution in [-0.4, -0.2) is 38.4 Å². The van der Waals surface area contributed by atoms with Crippen LogP contribution < -0.4 is 20.1 Å². The Morgan fingerprint density at radius 2 is 1.74 bits per heavy atom. The molecule has 2 aromatic rings. The lowest BCUT2D eigenvalue weighted by atomic mass is 10.2. The van der Waals surface area contributed by atoms with Crippen LogP contribution in [-0.2, 0) is 9.53 Å². The van der Waals surface area contributed by atoms with Crippen LogP contribution in [0.3, 0.4) is 0 Å². The molecule has 0 aliphatic carbocycles. The number of carbonyl (C=O) groups excluding carboxylic acids is 2. The van der Waals surface area contributed by atoms with Gasteiger partial charge in [0.25, 0.3) is 5.91 Å². The smallest absolute Gasteiger partial charge is 0.411 e. The van der Waals surface area contributed by atoms with Crippen molar-refractivity contribution in [2.24, 2.45) is 0 Å². The Morgan fingerprint density at radius 3 is 2.48 bits per heavy atom. The van der Waals surface area contributed by atoms with Crippen LogP contribution in [0.2, 0.25) is 0 Å². The summed E-state index contributed by atoms with van der Waals surface area (Å²) in [6.07, 6.45) is -0.541. The standard InChI is InChI=1S/C20H24N2O5/c1-3-25-20(24)22-16-7-5-9-18(13-16)27-14-19(23)21-10-11-26-17-8-4-6-15(2)12-17/h4-9,12-13H,3,10-11,14H2,1-2H3,(H,21,23)(H,22,24). The van der Waals surface area contributed by atoms with Crippen molar-refractivity contribution in [3.63, 3.8) is 0 Å². The normalized spacial score (nSPS) is 10.0. The molecule has 27 heavy (non-hydrogen) atoms. The summed E-state index contributed by atoms with van der Waals surface area (Å²) >= 11 is 0. The number of hydrogen-bond donors (Lipinski definition) is 2. The fourth-order valence-corrected chi connectivity index (χ4v) is 2.21. The van der Waals surface area contributed by atoms with Gasteiger partial charge in [-0.25, -0.2) is 4.79 Å². The molecule has 0 spiro atoms. The van der Waals surface area contributed by atoms with Gasteiger partial charge in [0.05, 0.1) is 13.2 Å². The minimum Gasteiger partial charge on any atom is -0.492 e. The summed E-state index contributed by atoms with van der Waals surface area (Å²) in [7, 11) is 0. The van der Waals surface area contributed by atoms with Crippen LogP contribution >= 0.6 is 0 Å². The average Bonchev–Trinajstić information content (AvgIpc) is 2.64. The molecule has 0 atom stereocenters. The maximum absolute atomic E-state index is 11.8. The molecule has 0 unspecified atom stereocenters. The number of aryl methyl sites for hydroxylation is 1. The Morgan fingerprint density at radius 1 is 1.00 bits per heavy atom. The molecule has 0 saturated heterocycles. The van der Waals surface area contributed by atoms with Crippen molar-refractivity contribution in [2.75, 3.05) is 31.7 Å². The summed E-state index contributed by atoms with van der Waals surface area (Å²) < 4.78 is 15.8. The second kappa shape index (κ2) is 10.7. The number of ether oxygens (including phenoxy) is 3. The van der Waals surface area contributed by atoms with E-state index < -0.39 is 6.09 Å². The van der Waals surface area contributed by atoms with Gasteiger partial charge in [0.15, 0.2) is 6.61 Å². The van der Waals surface area contributed by atoms with Crippen LogP contribution in [0, 0.1) is 6.92 Å². The number of benzene rings is 2. The van der Waals surface area contributed by atoms with E-state index >= 15 is 0 Å². The zero-order valence-corrected chi connectivity index (χ0v) is 15.5. The fraction of sp³-hybridized carbons (Fsp3) is 0.300. The van der Waals surface area contributed by atoms with E-state index in [-0.39, 0.29) is 19.1 Å². The monoisotopic (exact) mass is 372 g/mol. The number of nitrogens with one attached hydrogen (secondary N) is 2. The van der Waals surface area contributed by atoms with Crippen LogP contribution in [0.5, 0.6) is 11.5 Å². The van der Waals surface area contributed by atoms with Crippen LogP contribution in [0.25, 0.3) is 0 Å². The summed E-state index contributed by atoms with van der Waals surface area (Å²) in [5.41, 5.74) is 1.64. The Labute approximate surface area is 158 Å². The van der Waals surface area contributed by atoms with Gasteiger partial charge in [-0.1, -0.05) is 18.2 Å². The van der Waals surface area contributed by atoms with Gasteiger partial charge < -0.3 is 19.5 Å². The third-order valence-electron chi connectivity index (χ3n) is 3.41. The quantitative estimate of drug-likeness (QED) is 0.661. The highest BCUT2D eigenvalue weighted by Crippen LogP contribution is 2.17. The van der Waals surface area contributed by atoms with Crippen molar-refractivity contribution in [3.8, 4) is 11.5 Å². The summed E-state index contributed by atoms with van der Waals surface area (Å²) in [4.78, 5) is 23.3. The lowest BCUT2D eigenvalue weighted by Gasteiger charge is -2.10. The first-order valence-electron chi connectivity index (χ1n) is 8.69. The number of carbonyl (C=O) groups is 2. The summed E-state index contributed by atoms with van der Waals surface area (Å²) in [5, 5.41) is 5.30. The summed E-state index contributed by atoms with van der Waals surface area (Å²) in [6, 6.07) is 14.4. The number of rotatable bonds is 9. The van der Waals surface area contributed by atoms with Crippen molar-refractivity contribution < 1.29 is 23.8 Å². The SMILES string of the molecule is CCOC(=O)Nc1cccc(OCC(=O)NCCOc2cccc(C)c2)c1. The lowest BCUT2D eigenvalue weighted by molar-refractivity contribution is -0.123. The molecule has 144 valence electrons. The van der Waals surface area contributed by atoms with Gasteiger partial charge in [-0.2, -0.15) is 0 Å². The van der Waals surface area contributed by atoms with E-state index in [0.717, 1.165) is 11.3 Å². The second-order valence-corrected chi connectivity index (χ2v) is 5.68. The highest BCUT2D eigenvalue weighted by atomic mass is 16.5. The molecule has 2 amide bonds. The van der Waals surface area contributed by atoms with Gasteiger partial charge in [0.1, 0.15) is 18.1 Å². The van der Waals surface area contributed by atoms with E-state index in [4.69, 9.17) is 14.2 Å². The van der Waals surface area contributed by atoms with Crippen LogP contribution in [0.1, 0.15) is 12.5 Å². The number of amides is 2. The van der Waals surface area contributed by atoms with Gasteiger partial charge in [0, 0.05) is 11.8 Å². The zero-order valence-electron chi connectivity index (χ0n) is 15.5. The highest BCUT2D eigenvalue weighted by molar-refractivity contribution is 5.84. The predicted octanol–water partition coefficient (Wildman–Crippen LogP) is 3.14. The molecular formula is C20H24N2O5. The Kier molecular flexibility index (Phi) is 7.96. The minimum absolute atomic E-state index is 0.132. The van der Waals surface area contributed by atoms with Gasteiger partial charge in [-0.05, 0) is 43.7 Å². The predicted molar refractivity (Wildman–Crippen MR) is 102 cm³/mol. The third kappa shape index (κ3) is 7.68. The van der Waals surface area contributed by atoms with E-state index in [2.05, 4.69) is 10.6 Å². The van der Waals surface area contributed by atoms with Gasteiger partial charge in [0.2, 0.25) is 0 Å². The van der Waals surface area contributed by atoms with E-state index in [9.17, 15) is 9.59 Å². The molecule has 0 aromatic heterocycles. The van der Waals surface area contributed by atoms with Crippen molar-refractivity contribution >= 4 is 17.7 Å². The van der Waals surface area contributed by atoms with E-state index in [1.165, 1.54) is 0 Å². The summed E-state index contributed by atoms with van der Waals surface area (Å²) in [6.45, 7) is 4.62. The largest absolute Gasteiger partial charge is 0.492 e. The maximum Gasteiger partial charge on any atom is 0.411 e. The Balaban J connectivity index is 1.68.